The van der Waals surface area contributed by atoms with Crippen molar-refractivity contribution in [1.82, 2.24) is 5.32 Å². The van der Waals surface area contributed by atoms with Crippen LogP contribution in [0.5, 0.6) is 0 Å². The smallest absolute Gasteiger partial charge is 0.227 e. The molecule has 1 aromatic rings. The fraction of sp³-hybridized carbons (Fsp3) is 0.300. The highest BCUT2D eigenvalue weighted by Crippen LogP contribution is 2.17. The molecular weight excluding hydrogens is 276 g/mol. The van der Waals surface area contributed by atoms with E-state index in [1.807, 2.05) is 0 Å². The van der Waals surface area contributed by atoms with Gasteiger partial charge in [-0.05, 0) is 17.7 Å². The maximum atomic E-state index is 10.9. The Morgan fingerprint density at radius 2 is 2.06 bits per heavy atom. The first-order valence-electron chi connectivity index (χ1n) is 4.63. The van der Waals surface area contributed by atoms with Crippen LogP contribution in [0.1, 0.15) is 18.5 Å². The van der Waals surface area contributed by atoms with Gasteiger partial charge in [-0.3, -0.25) is 14.9 Å². The number of hydrogen-bond acceptors (Lipinski definition) is 3. The number of nitrogens with one attached hydrogen (secondary N) is 1. The van der Waals surface area contributed by atoms with Crippen molar-refractivity contribution < 1.29 is 9.72 Å². The molecular formula is C10H11BrN2O3. The molecule has 1 aromatic carbocycles. The van der Waals surface area contributed by atoms with E-state index in [0.717, 1.165) is 10.0 Å². The van der Waals surface area contributed by atoms with Gasteiger partial charge in [-0.1, -0.05) is 28.1 Å². The Morgan fingerprint density at radius 3 is 2.50 bits per heavy atom. The van der Waals surface area contributed by atoms with Crippen molar-refractivity contribution >= 4 is 21.8 Å². The van der Waals surface area contributed by atoms with Crippen LogP contribution in [0.4, 0.5) is 0 Å². The molecule has 1 atom stereocenters. The summed E-state index contributed by atoms with van der Waals surface area (Å²) in [5.74, 6) is -0.283. The van der Waals surface area contributed by atoms with E-state index in [1.165, 1.54) is 6.92 Å². The number of carbonyl (C=O) groups excluding carboxylic acids is 1. The second kappa shape index (κ2) is 5.60. The van der Waals surface area contributed by atoms with Gasteiger partial charge in [0.2, 0.25) is 12.5 Å². The minimum atomic E-state index is -0.583. The summed E-state index contributed by atoms with van der Waals surface area (Å²) in [7, 11) is 0. The highest BCUT2D eigenvalue weighted by molar-refractivity contribution is 9.10. The molecule has 0 saturated heterocycles. The molecule has 5 nitrogen and oxygen atoms in total. The highest BCUT2D eigenvalue weighted by Gasteiger charge is 2.18. The molecule has 0 aromatic heterocycles. The standard InChI is InChI=1S/C10H11BrN2O3/c1-7(14)12-10(6-13(15)16)8-2-4-9(11)5-3-8/h2-5,10H,6H2,1H3,(H,12,14). The Bertz CT molecular complexity index is 376. The van der Waals surface area contributed by atoms with Gasteiger partial charge in [0, 0.05) is 16.3 Å². The van der Waals surface area contributed by atoms with Crippen molar-refractivity contribution in [1.29, 1.82) is 0 Å². The van der Waals surface area contributed by atoms with Crippen molar-refractivity contribution in [3.05, 3.63) is 44.4 Å². The predicted molar refractivity (Wildman–Crippen MR) is 62.6 cm³/mol. The number of nitrogens with zero attached hydrogens (tertiary/aromatic N) is 1. The normalized spacial score (nSPS) is 11.9. The molecule has 0 radical (unpaired) electrons. The third-order valence-corrected chi connectivity index (χ3v) is 2.51. The predicted octanol–water partition coefficient (Wildman–Crippen LogP) is 1.90. The van der Waals surface area contributed by atoms with Crippen LogP contribution in [0.3, 0.4) is 0 Å². The first-order chi connectivity index (χ1) is 7.49. The molecule has 0 spiro atoms. The summed E-state index contributed by atoms with van der Waals surface area (Å²) in [5, 5.41) is 13.0. The molecule has 0 aliphatic carbocycles. The number of nitro groups is 1. The van der Waals surface area contributed by atoms with Crippen molar-refractivity contribution in [2.45, 2.75) is 13.0 Å². The number of benzene rings is 1. The zero-order chi connectivity index (χ0) is 12.1. The van der Waals surface area contributed by atoms with Gasteiger partial charge in [-0.15, -0.1) is 0 Å². The summed E-state index contributed by atoms with van der Waals surface area (Å²) in [6, 6.07) is 6.47. The van der Waals surface area contributed by atoms with E-state index < -0.39 is 11.0 Å². The quantitative estimate of drug-likeness (QED) is 0.679. The summed E-state index contributed by atoms with van der Waals surface area (Å²) in [6.45, 7) is 1.02. The Balaban J connectivity index is 2.86. The van der Waals surface area contributed by atoms with E-state index in [1.54, 1.807) is 24.3 Å². The maximum Gasteiger partial charge on any atom is 0.227 e. The van der Waals surface area contributed by atoms with Gasteiger partial charge in [0.15, 0.2) is 0 Å². The lowest BCUT2D eigenvalue weighted by atomic mass is 10.1. The first-order valence-corrected chi connectivity index (χ1v) is 5.42. The third-order valence-electron chi connectivity index (χ3n) is 1.98. The van der Waals surface area contributed by atoms with E-state index in [4.69, 9.17) is 0 Å². The van der Waals surface area contributed by atoms with E-state index in [-0.39, 0.29) is 12.5 Å². The number of halogens is 1. The lowest BCUT2D eigenvalue weighted by Crippen LogP contribution is -2.31. The van der Waals surface area contributed by atoms with E-state index >= 15 is 0 Å². The van der Waals surface area contributed by atoms with Crippen molar-refractivity contribution in [3.63, 3.8) is 0 Å². The lowest BCUT2D eigenvalue weighted by Gasteiger charge is -2.14. The summed E-state index contributed by atoms with van der Waals surface area (Å²) >= 11 is 3.28. The molecule has 0 aliphatic heterocycles. The third kappa shape index (κ3) is 3.98. The molecule has 1 rings (SSSR count). The summed E-state index contributed by atoms with van der Waals surface area (Å²) in [6.07, 6.45) is 0. The van der Waals surface area contributed by atoms with Gasteiger partial charge in [0.25, 0.3) is 0 Å². The molecule has 16 heavy (non-hydrogen) atoms. The fourth-order valence-electron chi connectivity index (χ4n) is 1.32. The molecule has 0 saturated carbocycles. The molecule has 86 valence electrons. The molecule has 1 N–H and O–H groups in total. The van der Waals surface area contributed by atoms with Gasteiger partial charge in [0.1, 0.15) is 6.04 Å². The van der Waals surface area contributed by atoms with Crippen LogP contribution in [0.25, 0.3) is 0 Å². The number of amides is 1. The fourth-order valence-corrected chi connectivity index (χ4v) is 1.59. The van der Waals surface area contributed by atoms with Gasteiger partial charge >= 0.3 is 0 Å². The van der Waals surface area contributed by atoms with Crippen molar-refractivity contribution in [3.8, 4) is 0 Å². The maximum absolute atomic E-state index is 10.9. The van der Waals surface area contributed by atoms with Crippen LogP contribution in [-0.4, -0.2) is 17.4 Å². The molecule has 6 heteroatoms. The SMILES string of the molecule is CC(=O)NC(C[N+](=O)[O-])c1ccc(Br)cc1. The highest BCUT2D eigenvalue weighted by atomic mass is 79.9. The average Bonchev–Trinajstić information content (AvgIpc) is 2.16. The lowest BCUT2D eigenvalue weighted by molar-refractivity contribution is -0.484. The molecule has 1 unspecified atom stereocenters. The first kappa shape index (κ1) is 12.6. The Kier molecular flexibility index (Phi) is 4.42. The zero-order valence-corrected chi connectivity index (χ0v) is 10.2. The molecule has 0 fully saturated rings. The zero-order valence-electron chi connectivity index (χ0n) is 8.64. The van der Waals surface area contributed by atoms with Crippen LogP contribution in [0, 0.1) is 10.1 Å². The van der Waals surface area contributed by atoms with E-state index in [9.17, 15) is 14.9 Å². The summed E-state index contributed by atoms with van der Waals surface area (Å²) in [4.78, 5) is 21.0. The number of rotatable bonds is 4. The monoisotopic (exact) mass is 286 g/mol. The van der Waals surface area contributed by atoms with Gasteiger partial charge in [0.05, 0.1) is 0 Å². The average molecular weight is 287 g/mol. The van der Waals surface area contributed by atoms with Crippen molar-refractivity contribution in [2.24, 2.45) is 0 Å². The van der Waals surface area contributed by atoms with E-state index in [0.29, 0.717) is 0 Å². The Hall–Kier alpha value is -1.43. The Morgan fingerprint density at radius 1 is 1.50 bits per heavy atom. The van der Waals surface area contributed by atoms with Crippen LogP contribution >= 0.6 is 15.9 Å². The number of carbonyl (C=O) groups is 1. The topological polar surface area (TPSA) is 72.2 Å². The molecule has 1 amide bonds. The van der Waals surface area contributed by atoms with Gasteiger partial charge < -0.3 is 5.32 Å². The van der Waals surface area contributed by atoms with Crippen LogP contribution in [0.15, 0.2) is 28.7 Å². The molecule has 0 heterocycles. The van der Waals surface area contributed by atoms with E-state index in [2.05, 4.69) is 21.2 Å². The summed E-state index contributed by atoms with van der Waals surface area (Å²) < 4.78 is 0.888. The second-order valence-corrected chi connectivity index (χ2v) is 4.24. The summed E-state index contributed by atoms with van der Waals surface area (Å²) in [5.41, 5.74) is 0.718. The molecule has 0 bridgehead atoms. The minimum Gasteiger partial charge on any atom is -0.343 e. The largest absolute Gasteiger partial charge is 0.343 e. The van der Waals surface area contributed by atoms with Gasteiger partial charge in [-0.2, -0.15) is 0 Å². The van der Waals surface area contributed by atoms with Crippen molar-refractivity contribution in [2.75, 3.05) is 6.54 Å². The Labute approximate surface area is 101 Å². The molecule has 0 aliphatic rings. The number of hydrogen-bond donors (Lipinski definition) is 1. The van der Waals surface area contributed by atoms with Crippen LogP contribution in [-0.2, 0) is 4.79 Å². The second-order valence-electron chi connectivity index (χ2n) is 3.32. The van der Waals surface area contributed by atoms with Gasteiger partial charge in [-0.25, -0.2) is 0 Å². The van der Waals surface area contributed by atoms with Crippen LogP contribution in [0.2, 0.25) is 0 Å². The minimum absolute atomic E-state index is 0.283. The van der Waals surface area contributed by atoms with Crippen LogP contribution < -0.4 is 5.32 Å².